The molecule has 0 aliphatic carbocycles. The lowest BCUT2D eigenvalue weighted by Gasteiger charge is -2.07. The first-order valence-electron chi connectivity index (χ1n) is 5.36. The van der Waals surface area contributed by atoms with E-state index in [-0.39, 0.29) is 29.8 Å². The fourth-order valence-electron chi connectivity index (χ4n) is 1.18. The van der Waals surface area contributed by atoms with E-state index in [1.807, 2.05) is 6.07 Å². The predicted octanol–water partition coefficient (Wildman–Crippen LogP) is 2.50. The Labute approximate surface area is 119 Å². The number of hydrogen-bond acceptors (Lipinski definition) is 1. The molecule has 0 bridgehead atoms. The largest absolute Gasteiger partial charge is 0.370 e. The van der Waals surface area contributed by atoms with Crippen molar-refractivity contribution >= 4 is 29.9 Å². The topological polar surface area (TPSA) is 50.4 Å². The fraction of sp³-hybridized carbons (Fsp3) is 0.417. The predicted molar refractivity (Wildman–Crippen MR) is 80.0 cm³/mol. The Morgan fingerprint density at radius 2 is 2.18 bits per heavy atom. The van der Waals surface area contributed by atoms with Crippen LogP contribution >= 0.6 is 24.0 Å². The van der Waals surface area contributed by atoms with Crippen molar-refractivity contribution in [3.63, 3.8) is 0 Å². The second kappa shape index (κ2) is 8.27. The molecule has 3 nitrogen and oxygen atoms in total. The number of nitrogens with one attached hydrogen (secondary N) is 1. The van der Waals surface area contributed by atoms with E-state index in [1.165, 1.54) is 12.1 Å². The first-order valence-corrected chi connectivity index (χ1v) is 5.36. The highest BCUT2D eigenvalue weighted by Gasteiger charge is 1.96. The van der Waals surface area contributed by atoms with Crippen LogP contribution in [0.15, 0.2) is 29.3 Å². The molecule has 0 heterocycles. The molecule has 0 saturated heterocycles. The summed E-state index contributed by atoms with van der Waals surface area (Å²) in [4.78, 5) is 4.12. The molecule has 3 N–H and O–H groups in total. The summed E-state index contributed by atoms with van der Waals surface area (Å²) < 4.78 is 12.9. The van der Waals surface area contributed by atoms with Gasteiger partial charge in [0.1, 0.15) is 5.82 Å². The maximum absolute atomic E-state index is 12.9. The van der Waals surface area contributed by atoms with Gasteiger partial charge in [-0.15, -0.1) is 24.0 Å². The molecule has 17 heavy (non-hydrogen) atoms. The number of hydrogen-bond donors (Lipinski definition) is 2. The van der Waals surface area contributed by atoms with Crippen molar-refractivity contribution in [2.24, 2.45) is 16.6 Å². The van der Waals surface area contributed by atoms with E-state index in [9.17, 15) is 4.39 Å². The van der Waals surface area contributed by atoms with Crippen LogP contribution in [0.3, 0.4) is 0 Å². The number of halogens is 2. The van der Waals surface area contributed by atoms with E-state index >= 15 is 0 Å². The first kappa shape index (κ1) is 16.1. The summed E-state index contributed by atoms with van der Waals surface area (Å²) in [7, 11) is 0. The molecule has 96 valence electrons. The molecule has 0 fully saturated rings. The second-order valence-electron chi connectivity index (χ2n) is 4.11. The number of rotatable bonds is 4. The van der Waals surface area contributed by atoms with Crippen molar-refractivity contribution < 1.29 is 4.39 Å². The minimum Gasteiger partial charge on any atom is -0.370 e. The molecule has 0 unspecified atom stereocenters. The zero-order chi connectivity index (χ0) is 12.0. The summed E-state index contributed by atoms with van der Waals surface area (Å²) in [6, 6.07) is 6.35. The van der Waals surface area contributed by atoms with Gasteiger partial charge in [0.05, 0.1) is 6.54 Å². The Morgan fingerprint density at radius 1 is 1.47 bits per heavy atom. The standard InChI is InChI=1S/C12H18FN3.HI/c1-9(2)7-15-12(14)16-8-10-4-3-5-11(13)6-10;/h3-6,9H,7-8H2,1-2H3,(H3,14,15,16);1H. The zero-order valence-electron chi connectivity index (χ0n) is 10.1. The normalized spacial score (nSPS) is 11.2. The minimum atomic E-state index is -0.249. The molecule has 1 rings (SSSR count). The molecular formula is C12H19FIN3. The van der Waals surface area contributed by atoms with E-state index in [4.69, 9.17) is 5.73 Å². The molecule has 0 aliphatic rings. The third kappa shape index (κ3) is 7.14. The summed E-state index contributed by atoms with van der Waals surface area (Å²) in [6.07, 6.45) is 0. The Bertz CT molecular complexity index is 367. The van der Waals surface area contributed by atoms with Gasteiger partial charge < -0.3 is 11.1 Å². The van der Waals surface area contributed by atoms with Crippen LogP contribution in [0.1, 0.15) is 19.4 Å². The van der Waals surface area contributed by atoms with Gasteiger partial charge in [0.15, 0.2) is 5.96 Å². The van der Waals surface area contributed by atoms with Crippen LogP contribution in [0.25, 0.3) is 0 Å². The van der Waals surface area contributed by atoms with Crippen molar-refractivity contribution in [1.29, 1.82) is 0 Å². The second-order valence-corrected chi connectivity index (χ2v) is 4.11. The van der Waals surface area contributed by atoms with Crippen LogP contribution in [0.4, 0.5) is 4.39 Å². The molecule has 0 atom stereocenters. The summed E-state index contributed by atoms with van der Waals surface area (Å²) >= 11 is 0. The van der Waals surface area contributed by atoms with Gasteiger partial charge in [-0.2, -0.15) is 0 Å². The quantitative estimate of drug-likeness (QED) is 0.498. The number of nitrogens with two attached hydrogens (primary N) is 1. The average Bonchev–Trinajstić information content (AvgIpc) is 2.23. The summed E-state index contributed by atoms with van der Waals surface area (Å²) in [5, 5.41) is 3.00. The fourth-order valence-corrected chi connectivity index (χ4v) is 1.18. The molecule has 1 aromatic carbocycles. The van der Waals surface area contributed by atoms with Crippen LogP contribution in [0.2, 0.25) is 0 Å². The average molecular weight is 351 g/mol. The maximum atomic E-state index is 12.9. The lowest BCUT2D eigenvalue weighted by Crippen LogP contribution is -2.34. The van der Waals surface area contributed by atoms with Crippen molar-refractivity contribution in [2.45, 2.75) is 20.4 Å². The highest BCUT2D eigenvalue weighted by Crippen LogP contribution is 2.04. The van der Waals surface area contributed by atoms with Crippen molar-refractivity contribution in [3.8, 4) is 0 Å². The Morgan fingerprint density at radius 3 is 2.76 bits per heavy atom. The summed E-state index contributed by atoms with van der Waals surface area (Å²) in [5.41, 5.74) is 6.47. The van der Waals surface area contributed by atoms with E-state index in [2.05, 4.69) is 24.2 Å². The molecule has 0 amide bonds. The Kier molecular flexibility index (Phi) is 7.86. The SMILES string of the molecule is CC(C)CNC(N)=NCc1cccc(F)c1.I. The maximum Gasteiger partial charge on any atom is 0.188 e. The molecule has 0 aromatic heterocycles. The minimum absolute atomic E-state index is 0. The van der Waals surface area contributed by atoms with Gasteiger partial charge >= 0.3 is 0 Å². The van der Waals surface area contributed by atoms with Gasteiger partial charge in [-0.05, 0) is 23.6 Å². The van der Waals surface area contributed by atoms with Crippen molar-refractivity contribution in [3.05, 3.63) is 35.6 Å². The van der Waals surface area contributed by atoms with E-state index in [0.29, 0.717) is 18.4 Å². The van der Waals surface area contributed by atoms with Gasteiger partial charge in [-0.3, -0.25) is 0 Å². The van der Waals surface area contributed by atoms with Crippen LogP contribution in [0.5, 0.6) is 0 Å². The van der Waals surface area contributed by atoms with Crippen LogP contribution in [-0.4, -0.2) is 12.5 Å². The zero-order valence-corrected chi connectivity index (χ0v) is 12.4. The molecule has 0 radical (unpaired) electrons. The van der Waals surface area contributed by atoms with Gasteiger partial charge in [-0.25, -0.2) is 9.38 Å². The Balaban J connectivity index is 0.00000256. The van der Waals surface area contributed by atoms with Crippen molar-refractivity contribution in [2.75, 3.05) is 6.54 Å². The highest BCUT2D eigenvalue weighted by molar-refractivity contribution is 14.0. The monoisotopic (exact) mass is 351 g/mol. The molecule has 0 spiro atoms. The van der Waals surface area contributed by atoms with Gasteiger partial charge in [0.25, 0.3) is 0 Å². The summed E-state index contributed by atoms with van der Waals surface area (Å²) in [5.74, 6) is 0.669. The lowest BCUT2D eigenvalue weighted by atomic mass is 10.2. The third-order valence-corrected chi connectivity index (χ3v) is 2.01. The van der Waals surface area contributed by atoms with Gasteiger partial charge in [0, 0.05) is 6.54 Å². The molecule has 0 aliphatic heterocycles. The number of nitrogens with zero attached hydrogens (tertiary/aromatic N) is 1. The van der Waals surface area contributed by atoms with Crippen molar-refractivity contribution in [1.82, 2.24) is 5.32 Å². The van der Waals surface area contributed by atoms with Gasteiger partial charge in [-0.1, -0.05) is 26.0 Å². The van der Waals surface area contributed by atoms with Gasteiger partial charge in [0.2, 0.25) is 0 Å². The number of benzene rings is 1. The highest BCUT2D eigenvalue weighted by atomic mass is 127. The van der Waals surface area contributed by atoms with E-state index in [1.54, 1.807) is 6.07 Å². The number of guanidine groups is 1. The molecular weight excluding hydrogens is 332 g/mol. The first-order chi connectivity index (χ1) is 7.58. The molecule has 1 aromatic rings. The van der Waals surface area contributed by atoms with Crippen LogP contribution in [0, 0.1) is 11.7 Å². The smallest absolute Gasteiger partial charge is 0.188 e. The molecule has 0 saturated carbocycles. The summed E-state index contributed by atoms with van der Waals surface area (Å²) in [6.45, 7) is 5.37. The molecule has 5 heteroatoms. The number of aliphatic imine (C=N–C) groups is 1. The third-order valence-electron chi connectivity index (χ3n) is 2.01. The lowest BCUT2D eigenvalue weighted by molar-refractivity contribution is 0.620. The van der Waals surface area contributed by atoms with Crippen LogP contribution in [-0.2, 0) is 6.54 Å². The van der Waals surface area contributed by atoms with Crippen LogP contribution < -0.4 is 11.1 Å². The van der Waals surface area contributed by atoms with E-state index < -0.39 is 0 Å². The van der Waals surface area contributed by atoms with E-state index in [0.717, 1.165) is 12.1 Å². The Hall–Kier alpha value is -0.850.